The highest BCUT2D eigenvalue weighted by atomic mass is 127. The van der Waals surface area contributed by atoms with Crippen LogP contribution >= 0.6 is 24.0 Å². The second kappa shape index (κ2) is 12.2. The number of carbonyl (C=O) groups excluding carboxylic acids is 1. The third-order valence-corrected chi connectivity index (χ3v) is 4.86. The summed E-state index contributed by atoms with van der Waals surface area (Å²) in [7, 11) is 1.79. The van der Waals surface area contributed by atoms with E-state index in [-0.39, 0.29) is 41.8 Å². The van der Waals surface area contributed by atoms with E-state index in [2.05, 4.69) is 38.9 Å². The van der Waals surface area contributed by atoms with Gasteiger partial charge in [0.2, 0.25) is 5.91 Å². The first-order chi connectivity index (χ1) is 12.5. The summed E-state index contributed by atoms with van der Waals surface area (Å²) >= 11 is 0. The van der Waals surface area contributed by atoms with E-state index in [9.17, 15) is 4.79 Å². The van der Waals surface area contributed by atoms with Gasteiger partial charge in [0.15, 0.2) is 5.96 Å². The summed E-state index contributed by atoms with van der Waals surface area (Å²) in [4.78, 5) is 20.7. The molecule has 0 aromatic carbocycles. The molecule has 0 aliphatic heterocycles. The molecule has 1 saturated carbocycles. The van der Waals surface area contributed by atoms with Crippen LogP contribution in [0.15, 0.2) is 23.5 Å². The van der Waals surface area contributed by atoms with Gasteiger partial charge in [-0.15, -0.1) is 24.0 Å². The van der Waals surface area contributed by atoms with Crippen molar-refractivity contribution in [1.29, 1.82) is 0 Å². The number of rotatable bonds is 6. The molecule has 3 N–H and O–H groups in total. The Bertz CT molecular complexity index is 620. The van der Waals surface area contributed by atoms with Gasteiger partial charge in [0, 0.05) is 44.0 Å². The van der Waals surface area contributed by atoms with Gasteiger partial charge in [0.25, 0.3) is 0 Å². The Balaban J connectivity index is 0.00000364. The number of aromatic nitrogens is 1. The summed E-state index contributed by atoms with van der Waals surface area (Å²) in [5, 5.41) is 9.92. The zero-order chi connectivity index (χ0) is 18.9. The number of aliphatic imine (C=N–C) groups is 1. The van der Waals surface area contributed by atoms with Crippen molar-refractivity contribution in [3.05, 3.63) is 29.6 Å². The molecule has 0 saturated heterocycles. The first kappa shape index (κ1) is 23.7. The molecule has 2 rings (SSSR count). The van der Waals surface area contributed by atoms with Gasteiger partial charge in [-0.3, -0.25) is 14.8 Å². The average molecular weight is 487 g/mol. The maximum atomic E-state index is 12.3. The van der Waals surface area contributed by atoms with Gasteiger partial charge in [0.05, 0.1) is 0 Å². The number of pyridine rings is 1. The summed E-state index contributed by atoms with van der Waals surface area (Å²) in [6.07, 6.45) is 8.65. The van der Waals surface area contributed by atoms with Gasteiger partial charge >= 0.3 is 0 Å². The first-order valence-corrected chi connectivity index (χ1v) is 9.66. The number of carbonyl (C=O) groups is 1. The predicted octanol–water partition coefficient (Wildman–Crippen LogP) is 2.80. The Kier molecular flexibility index (Phi) is 10.6. The van der Waals surface area contributed by atoms with Gasteiger partial charge < -0.3 is 16.0 Å². The second-order valence-corrected chi connectivity index (χ2v) is 7.42. The minimum atomic E-state index is 0. The largest absolute Gasteiger partial charge is 0.356 e. The van der Waals surface area contributed by atoms with Crippen molar-refractivity contribution in [2.45, 2.75) is 65.0 Å². The van der Waals surface area contributed by atoms with Crippen LogP contribution < -0.4 is 16.0 Å². The molecular weight excluding hydrogens is 453 g/mol. The molecule has 152 valence electrons. The maximum Gasteiger partial charge on any atom is 0.223 e. The highest BCUT2D eigenvalue weighted by Crippen LogP contribution is 2.24. The van der Waals surface area contributed by atoms with Crippen LogP contribution in [-0.2, 0) is 11.2 Å². The standard InChI is InChI=1S/C20H33N5O.HI/c1-14(2)24-19(26)17-6-5-7-18(12-17)25-20(21-4)23-11-9-16-8-10-22-13-15(16)3;/h8,10,13-14,17-18H,5-7,9,11-12H2,1-4H3,(H,24,26)(H2,21,23,25);1H. The molecular formula is C20H34IN5O. The summed E-state index contributed by atoms with van der Waals surface area (Å²) in [6.45, 7) is 6.91. The number of nitrogens with zero attached hydrogens (tertiary/aromatic N) is 2. The van der Waals surface area contributed by atoms with Gasteiger partial charge in [-0.1, -0.05) is 6.42 Å². The fraction of sp³-hybridized carbons (Fsp3) is 0.650. The summed E-state index contributed by atoms with van der Waals surface area (Å²) < 4.78 is 0. The van der Waals surface area contributed by atoms with E-state index in [1.165, 1.54) is 11.1 Å². The molecule has 1 aromatic rings. The first-order valence-electron chi connectivity index (χ1n) is 9.66. The van der Waals surface area contributed by atoms with E-state index in [0.29, 0.717) is 6.04 Å². The second-order valence-electron chi connectivity index (χ2n) is 7.42. The summed E-state index contributed by atoms with van der Waals surface area (Å²) in [5.41, 5.74) is 2.51. The third-order valence-electron chi connectivity index (χ3n) is 4.86. The molecule has 1 fully saturated rings. The number of hydrogen-bond donors (Lipinski definition) is 3. The molecule has 1 aromatic heterocycles. The van der Waals surface area contributed by atoms with Crippen LogP contribution in [0.2, 0.25) is 0 Å². The molecule has 0 bridgehead atoms. The molecule has 0 radical (unpaired) electrons. The molecule has 1 aliphatic carbocycles. The number of halogens is 1. The lowest BCUT2D eigenvalue weighted by Gasteiger charge is -2.30. The van der Waals surface area contributed by atoms with Crippen LogP contribution in [0.25, 0.3) is 0 Å². The number of hydrogen-bond acceptors (Lipinski definition) is 3. The van der Waals surface area contributed by atoms with Crippen molar-refractivity contribution in [3.8, 4) is 0 Å². The van der Waals surface area contributed by atoms with Gasteiger partial charge in [0.1, 0.15) is 0 Å². The van der Waals surface area contributed by atoms with Crippen LogP contribution in [0.5, 0.6) is 0 Å². The van der Waals surface area contributed by atoms with Crippen LogP contribution in [0.4, 0.5) is 0 Å². The van der Waals surface area contributed by atoms with Crippen molar-refractivity contribution in [1.82, 2.24) is 20.9 Å². The van der Waals surface area contributed by atoms with Gasteiger partial charge in [-0.2, -0.15) is 0 Å². The molecule has 0 spiro atoms. The predicted molar refractivity (Wildman–Crippen MR) is 122 cm³/mol. The smallest absolute Gasteiger partial charge is 0.223 e. The summed E-state index contributed by atoms with van der Waals surface area (Å²) in [6, 6.07) is 2.55. The van der Waals surface area contributed by atoms with Crippen molar-refractivity contribution in [2.75, 3.05) is 13.6 Å². The molecule has 2 atom stereocenters. The van der Waals surface area contributed by atoms with Crippen LogP contribution in [0.3, 0.4) is 0 Å². The van der Waals surface area contributed by atoms with E-state index >= 15 is 0 Å². The summed E-state index contributed by atoms with van der Waals surface area (Å²) in [5.74, 6) is 1.09. The van der Waals surface area contributed by atoms with E-state index < -0.39 is 0 Å². The van der Waals surface area contributed by atoms with Gasteiger partial charge in [-0.05, 0) is 63.6 Å². The highest BCUT2D eigenvalue weighted by Gasteiger charge is 2.27. The minimum absolute atomic E-state index is 0. The monoisotopic (exact) mass is 487 g/mol. The van der Waals surface area contributed by atoms with E-state index in [1.807, 2.05) is 26.2 Å². The van der Waals surface area contributed by atoms with Gasteiger partial charge in [-0.25, -0.2) is 0 Å². The number of nitrogens with one attached hydrogen (secondary N) is 3. The molecule has 6 nitrogen and oxygen atoms in total. The van der Waals surface area contributed by atoms with E-state index in [4.69, 9.17) is 0 Å². The zero-order valence-electron chi connectivity index (χ0n) is 16.9. The topological polar surface area (TPSA) is 78.4 Å². The lowest BCUT2D eigenvalue weighted by atomic mass is 9.85. The fourth-order valence-corrected chi connectivity index (χ4v) is 3.45. The minimum Gasteiger partial charge on any atom is -0.356 e. The fourth-order valence-electron chi connectivity index (χ4n) is 3.45. The Labute approximate surface area is 180 Å². The van der Waals surface area contributed by atoms with Crippen molar-refractivity contribution < 1.29 is 4.79 Å². The Morgan fingerprint density at radius 3 is 2.81 bits per heavy atom. The Hall–Kier alpha value is -1.38. The van der Waals surface area contributed by atoms with Crippen LogP contribution in [0.1, 0.15) is 50.7 Å². The van der Waals surface area contributed by atoms with Crippen molar-refractivity contribution >= 4 is 35.8 Å². The Morgan fingerprint density at radius 1 is 1.37 bits per heavy atom. The average Bonchev–Trinajstić information content (AvgIpc) is 2.62. The number of amides is 1. The van der Waals surface area contributed by atoms with Crippen molar-refractivity contribution in [2.24, 2.45) is 10.9 Å². The quantitative estimate of drug-likeness (QED) is 0.328. The normalized spacial score (nSPS) is 20.0. The zero-order valence-corrected chi connectivity index (χ0v) is 19.2. The van der Waals surface area contributed by atoms with Crippen LogP contribution in [0, 0.1) is 12.8 Å². The SMILES string of the molecule is CN=C(NCCc1ccncc1C)NC1CCCC(C(=O)NC(C)C)C1.I. The molecule has 2 unspecified atom stereocenters. The van der Waals surface area contributed by atoms with Crippen LogP contribution in [-0.4, -0.2) is 42.5 Å². The molecule has 7 heteroatoms. The van der Waals surface area contributed by atoms with Crippen molar-refractivity contribution in [3.63, 3.8) is 0 Å². The molecule has 1 heterocycles. The van der Waals surface area contributed by atoms with E-state index in [1.54, 1.807) is 7.05 Å². The molecule has 1 amide bonds. The molecule has 1 aliphatic rings. The highest BCUT2D eigenvalue weighted by molar-refractivity contribution is 14.0. The maximum absolute atomic E-state index is 12.3. The number of aryl methyl sites for hydroxylation is 1. The van der Waals surface area contributed by atoms with E-state index in [0.717, 1.165) is 44.6 Å². The molecule has 27 heavy (non-hydrogen) atoms. The third kappa shape index (κ3) is 8.02. The number of guanidine groups is 1. The lowest BCUT2D eigenvalue weighted by Crippen LogP contribution is -2.47. The lowest BCUT2D eigenvalue weighted by molar-refractivity contribution is -0.126. The Morgan fingerprint density at radius 2 is 2.15 bits per heavy atom.